The molecular weight excluding hydrogens is 276 g/mol. The molecule has 22 heavy (non-hydrogen) atoms. The second-order valence-corrected chi connectivity index (χ2v) is 5.79. The maximum Gasteiger partial charge on any atom is 0.160 e. The lowest BCUT2D eigenvalue weighted by molar-refractivity contribution is 0.481. The summed E-state index contributed by atoms with van der Waals surface area (Å²) in [6.45, 7) is 5.16. The van der Waals surface area contributed by atoms with Gasteiger partial charge in [0, 0.05) is 18.3 Å². The molecular formula is C16H22N6. The van der Waals surface area contributed by atoms with Gasteiger partial charge >= 0.3 is 0 Å². The zero-order valence-corrected chi connectivity index (χ0v) is 13.1. The number of nitrogens with two attached hydrogens (primary N) is 1. The molecule has 1 saturated heterocycles. The van der Waals surface area contributed by atoms with Crippen molar-refractivity contribution in [2.45, 2.75) is 39.2 Å². The van der Waals surface area contributed by atoms with Gasteiger partial charge in [0.25, 0.3) is 0 Å². The highest BCUT2D eigenvalue weighted by Crippen LogP contribution is 2.31. The minimum atomic E-state index is 0.455. The van der Waals surface area contributed by atoms with E-state index in [1.807, 2.05) is 25.1 Å². The van der Waals surface area contributed by atoms with E-state index in [1.54, 1.807) is 6.33 Å². The average Bonchev–Trinajstić information content (AvgIpc) is 2.50. The number of pyridine rings is 1. The van der Waals surface area contributed by atoms with Crippen LogP contribution in [0.2, 0.25) is 0 Å². The van der Waals surface area contributed by atoms with Crippen LogP contribution in [0.25, 0.3) is 0 Å². The van der Waals surface area contributed by atoms with E-state index in [-0.39, 0.29) is 0 Å². The molecule has 3 heterocycles. The number of nitrogens with one attached hydrogen (secondary N) is 1. The molecule has 2 aromatic rings. The largest absolute Gasteiger partial charge is 0.393 e. The van der Waals surface area contributed by atoms with E-state index >= 15 is 0 Å². The smallest absolute Gasteiger partial charge is 0.160 e. The Kier molecular flexibility index (Phi) is 4.09. The summed E-state index contributed by atoms with van der Waals surface area (Å²) in [5, 5.41) is 3.19. The predicted octanol–water partition coefficient (Wildman–Crippen LogP) is 2.88. The number of aromatic nitrogens is 3. The lowest BCUT2D eigenvalue weighted by Crippen LogP contribution is -2.38. The highest BCUT2D eigenvalue weighted by Gasteiger charge is 2.23. The molecule has 3 N–H and O–H groups in total. The minimum absolute atomic E-state index is 0.455. The highest BCUT2D eigenvalue weighted by atomic mass is 15.2. The lowest BCUT2D eigenvalue weighted by atomic mass is 10.0. The number of aryl methyl sites for hydroxylation is 1. The second-order valence-electron chi connectivity index (χ2n) is 5.79. The summed E-state index contributed by atoms with van der Waals surface area (Å²) in [7, 11) is 0. The molecule has 1 atom stereocenters. The molecule has 1 aliphatic rings. The molecule has 6 nitrogen and oxygen atoms in total. The Morgan fingerprint density at radius 1 is 1.27 bits per heavy atom. The van der Waals surface area contributed by atoms with Crippen molar-refractivity contribution >= 4 is 23.1 Å². The van der Waals surface area contributed by atoms with Gasteiger partial charge in [0.1, 0.15) is 17.8 Å². The molecule has 1 unspecified atom stereocenters. The first-order chi connectivity index (χ1) is 10.6. The minimum Gasteiger partial charge on any atom is -0.393 e. The zero-order chi connectivity index (χ0) is 15.5. The van der Waals surface area contributed by atoms with E-state index in [9.17, 15) is 0 Å². The summed E-state index contributed by atoms with van der Waals surface area (Å²) in [6.07, 6.45) is 5.17. The number of piperidine rings is 1. The number of hydrogen-bond donors (Lipinski definition) is 2. The first-order valence-electron chi connectivity index (χ1n) is 7.73. The van der Waals surface area contributed by atoms with Crippen LogP contribution in [0.4, 0.5) is 23.1 Å². The number of nitrogen functional groups attached to an aromatic ring is 1. The van der Waals surface area contributed by atoms with Crippen LogP contribution in [0.5, 0.6) is 0 Å². The Morgan fingerprint density at radius 2 is 2.14 bits per heavy atom. The van der Waals surface area contributed by atoms with Crippen LogP contribution in [-0.4, -0.2) is 27.5 Å². The van der Waals surface area contributed by atoms with E-state index in [4.69, 9.17) is 5.73 Å². The molecule has 6 heteroatoms. The van der Waals surface area contributed by atoms with Gasteiger partial charge in [0.05, 0.1) is 0 Å². The van der Waals surface area contributed by atoms with Crippen molar-refractivity contribution in [3.63, 3.8) is 0 Å². The Labute approximate surface area is 130 Å². The molecule has 0 saturated carbocycles. The van der Waals surface area contributed by atoms with Gasteiger partial charge in [0.2, 0.25) is 0 Å². The Balaban J connectivity index is 1.88. The molecule has 0 amide bonds. The SMILES string of the molecule is Cc1cccc(Nc2ncnc(N3CCCCC3C)c2N)n1. The van der Waals surface area contributed by atoms with Crippen LogP contribution in [0.1, 0.15) is 31.9 Å². The number of hydrogen-bond acceptors (Lipinski definition) is 6. The van der Waals surface area contributed by atoms with Gasteiger partial charge in [0.15, 0.2) is 11.6 Å². The van der Waals surface area contributed by atoms with Gasteiger partial charge in [-0.05, 0) is 45.2 Å². The van der Waals surface area contributed by atoms with Crippen molar-refractivity contribution in [1.29, 1.82) is 0 Å². The molecule has 0 aliphatic carbocycles. The maximum absolute atomic E-state index is 6.31. The average molecular weight is 298 g/mol. The third kappa shape index (κ3) is 2.95. The normalized spacial score (nSPS) is 18.3. The topological polar surface area (TPSA) is 80.0 Å². The fourth-order valence-corrected chi connectivity index (χ4v) is 2.86. The van der Waals surface area contributed by atoms with Crippen LogP contribution in [0.15, 0.2) is 24.5 Å². The maximum atomic E-state index is 6.31. The van der Waals surface area contributed by atoms with E-state index in [0.29, 0.717) is 17.5 Å². The van der Waals surface area contributed by atoms with Crippen molar-refractivity contribution < 1.29 is 0 Å². The molecule has 1 fully saturated rings. The quantitative estimate of drug-likeness (QED) is 0.907. The molecule has 116 valence electrons. The third-order valence-corrected chi connectivity index (χ3v) is 4.07. The molecule has 2 aromatic heterocycles. The Morgan fingerprint density at radius 3 is 2.91 bits per heavy atom. The van der Waals surface area contributed by atoms with Gasteiger partial charge in [-0.2, -0.15) is 0 Å². The predicted molar refractivity (Wildman–Crippen MR) is 89.4 cm³/mol. The summed E-state index contributed by atoms with van der Waals surface area (Å²) >= 11 is 0. The molecule has 1 aliphatic heterocycles. The van der Waals surface area contributed by atoms with Gasteiger partial charge in [-0.3, -0.25) is 0 Å². The van der Waals surface area contributed by atoms with E-state index in [0.717, 1.165) is 23.9 Å². The van der Waals surface area contributed by atoms with Crippen LogP contribution in [0.3, 0.4) is 0 Å². The Bertz CT molecular complexity index is 657. The van der Waals surface area contributed by atoms with Crippen LogP contribution in [0, 0.1) is 6.92 Å². The van der Waals surface area contributed by atoms with Crippen molar-refractivity contribution in [3.05, 3.63) is 30.2 Å². The van der Waals surface area contributed by atoms with Gasteiger partial charge in [-0.15, -0.1) is 0 Å². The van der Waals surface area contributed by atoms with Gasteiger partial charge in [-0.1, -0.05) is 6.07 Å². The fraction of sp³-hybridized carbons (Fsp3) is 0.438. The van der Waals surface area contributed by atoms with Crippen molar-refractivity contribution in [2.75, 3.05) is 22.5 Å². The van der Waals surface area contributed by atoms with Crippen LogP contribution >= 0.6 is 0 Å². The summed E-state index contributed by atoms with van der Waals surface area (Å²) in [5.74, 6) is 2.17. The summed E-state index contributed by atoms with van der Waals surface area (Å²) < 4.78 is 0. The van der Waals surface area contributed by atoms with Gasteiger partial charge in [-0.25, -0.2) is 15.0 Å². The monoisotopic (exact) mass is 298 g/mol. The summed E-state index contributed by atoms with van der Waals surface area (Å²) in [4.78, 5) is 15.4. The second kappa shape index (κ2) is 6.17. The summed E-state index contributed by atoms with van der Waals surface area (Å²) in [6, 6.07) is 6.26. The fourth-order valence-electron chi connectivity index (χ4n) is 2.86. The third-order valence-electron chi connectivity index (χ3n) is 4.07. The first kappa shape index (κ1) is 14.6. The lowest BCUT2D eigenvalue weighted by Gasteiger charge is -2.35. The van der Waals surface area contributed by atoms with Crippen LogP contribution in [-0.2, 0) is 0 Å². The standard InChI is InChI=1S/C16H22N6/c1-11-6-5-8-13(20-11)21-15-14(17)16(19-10-18-15)22-9-4-3-7-12(22)2/h5-6,8,10,12H,3-4,7,9,17H2,1-2H3,(H,18,19,20,21). The molecule has 0 aromatic carbocycles. The van der Waals surface area contributed by atoms with Crippen LogP contribution < -0.4 is 16.0 Å². The first-order valence-corrected chi connectivity index (χ1v) is 7.73. The molecule has 0 spiro atoms. The Hall–Kier alpha value is -2.37. The van der Waals surface area contributed by atoms with E-state index in [1.165, 1.54) is 19.3 Å². The number of rotatable bonds is 3. The zero-order valence-electron chi connectivity index (χ0n) is 13.1. The van der Waals surface area contributed by atoms with Crippen molar-refractivity contribution in [1.82, 2.24) is 15.0 Å². The van der Waals surface area contributed by atoms with Gasteiger partial charge < -0.3 is 16.0 Å². The van der Waals surface area contributed by atoms with Crippen molar-refractivity contribution in [2.24, 2.45) is 0 Å². The molecule has 0 bridgehead atoms. The molecule has 0 radical (unpaired) electrons. The van der Waals surface area contributed by atoms with E-state index in [2.05, 4.69) is 32.1 Å². The number of anilines is 4. The molecule has 3 rings (SSSR count). The van der Waals surface area contributed by atoms with E-state index < -0.39 is 0 Å². The highest BCUT2D eigenvalue weighted by molar-refractivity contribution is 5.77. The summed E-state index contributed by atoms with van der Waals surface area (Å²) in [5.41, 5.74) is 7.84. The van der Waals surface area contributed by atoms with Crippen molar-refractivity contribution in [3.8, 4) is 0 Å². The number of nitrogens with zero attached hydrogens (tertiary/aromatic N) is 4.